The number of nitro benzene ring substituents is 1. The first kappa shape index (κ1) is 13.0. The number of carboxylic acid groups (broad SMARTS) is 1. The monoisotopic (exact) mass is 281 g/mol. The van der Waals surface area contributed by atoms with Crippen LogP contribution in [0.5, 0.6) is 0 Å². The Labute approximate surface area is 112 Å². The number of aromatic nitrogens is 2. The predicted molar refractivity (Wildman–Crippen MR) is 66.4 cm³/mol. The predicted octanol–water partition coefficient (Wildman–Crippen LogP) is 2.19. The third kappa shape index (κ3) is 2.71. The SMILES string of the molecule is O=C(O)c1ccnn1Cc1ccc(Cl)cc1[N+](=O)[O-]. The smallest absolute Gasteiger partial charge is 0.354 e. The number of hydrogen-bond acceptors (Lipinski definition) is 4. The zero-order chi connectivity index (χ0) is 14.0. The maximum atomic E-state index is 10.9. The summed E-state index contributed by atoms with van der Waals surface area (Å²) in [6.07, 6.45) is 1.32. The molecule has 0 atom stereocenters. The molecular formula is C11H8ClN3O4. The van der Waals surface area contributed by atoms with Gasteiger partial charge >= 0.3 is 5.97 Å². The van der Waals surface area contributed by atoms with Crippen molar-refractivity contribution in [2.24, 2.45) is 0 Å². The first-order chi connectivity index (χ1) is 8.99. The highest BCUT2D eigenvalue weighted by Gasteiger charge is 2.17. The summed E-state index contributed by atoms with van der Waals surface area (Å²) >= 11 is 5.70. The average Bonchev–Trinajstić information content (AvgIpc) is 2.79. The summed E-state index contributed by atoms with van der Waals surface area (Å²) < 4.78 is 1.18. The van der Waals surface area contributed by atoms with E-state index in [4.69, 9.17) is 16.7 Å². The lowest BCUT2D eigenvalue weighted by Gasteiger charge is -2.06. The van der Waals surface area contributed by atoms with E-state index in [0.717, 1.165) is 0 Å². The van der Waals surface area contributed by atoms with Gasteiger partial charge in [0, 0.05) is 17.3 Å². The molecule has 7 nitrogen and oxygen atoms in total. The van der Waals surface area contributed by atoms with Gasteiger partial charge in [-0.25, -0.2) is 4.79 Å². The Morgan fingerprint density at radius 2 is 2.21 bits per heavy atom. The van der Waals surface area contributed by atoms with Crippen molar-refractivity contribution < 1.29 is 14.8 Å². The highest BCUT2D eigenvalue weighted by molar-refractivity contribution is 6.30. The van der Waals surface area contributed by atoms with Gasteiger partial charge in [0.2, 0.25) is 0 Å². The zero-order valence-corrected chi connectivity index (χ0v) is 10.2. The quantitative estimate of drug-likeness (QED) is 0.684. The van der Waals surface area contributed by atoms with Crippen molar-refractivity contribution in [3.05, 3.63) is 56.9 Å². The number of carbonyl (C=O) groups is 1. The van der Waals surface area contributed by atoms with Crippen molar-refractivity contribution in [3.8, 4) is 0 Å². The van der Waals surface area contributed by atoms with E-state index in [9.17, 15) is 14.9 Å². The van der Waals surface area contributed by atoms with Gasteiger partial charge in [0.05, 0.1) is 17.0 Å². The zero-order valence-electron chi connectivity index (χ0n) is 9.49. The van der Waals surface area contributed by atoms with Gasteiger partial charge < -0.3 is 5.11 Å². The summed E-state index contributed by atoms with van der Waals surface area (Å²) in [6.45, 7) is -0.0118. The Kier molecular flexibility index (Phi) is 3.48. The lowest BCUT2D eigenvalue weighted by atomic mass is 10.2. The lowest BCUT2D eigenvalue weighted by Crippen LogP contribution is -2.11. The van der Waals surface area contributed by atoms with Gasteiger partial charge in [-0.2, -0.15) is 5.10 Å². The van der Waals surface area contributed by atoms with E-state index < -0.39 is 10.9 Å². The van der Waals surface area contributed by atoms with E-state index in [0.29, 0.717) is 5.56 Å². The second-order valence-corrected chi connectivity index (χ2v) is 4.15. The van der Waals surface area contributed by atoms with Crippen molar-refractivity contribution in [1.29, 1.82) is 0 Å². The van der Waals surface area contributed by atoms with Gasteiger partial charge in [-0.15, -0.1) is 0 Å². The summed E-state index contributed by atoms with van der Waals surface area (Å²) in [5, 5.41) is 23.9. The molecule has 0 spiro atoms. The first-order valence-corrected chi connectivity index (χ1v) is 5.55. The van der Waals surface area contributed by atoms with Gasteiger partial charge in [0.15, 0.2) is 0 Å². The number of benzene rings is 1. The van der Waals surface area contributed by atoms with Crippen LogP contribution in [0.4, 0.5) is 5.69 Å². The van der Waals surface area contributed by atoms with E-state index in [1.54, 1.807) is 0 Å². The van der Waals surface area contributed by atoms with E-state index >= 15 is 0 Å². The molecule has 1 aromatic carbocycles. The summed E-state index contributed by atoms with van der Waals surface area (Å²) in [6, 6.07) is 5.53. The molecule has 19 heavy (non-hydrogen) atoms. The molecule has 8 heteroatoms. The van der Waals surface area contributed by atoms with Crippen LogP contribution in [0.3, 0.4) is 0 Å². The number of rotatable bonds is 4. The van der Waals surface area contributed by atoms with Crippen molar-refractivity contribution in [2.45, 2.75) is 6.54 Å². The van der Waals surface area contributed by atoms with Crippen LogP contribution < -0.4 is 0 Å². The van der Waals surface area contributed by atoms with Gasteiger partial charge in [0.1, 0.15) is 5.69 Å². The molecule has 2 aromatic rings. The second-order valence-electron chi connectivity index (χ2n) is 3.71. The molecule has 0 bridgehead atoms. The number of carboxylic acids is 1. The molecule has 2 rings (SSSR count). The summed E-state index contributed by atoms with van der Waals surface area (Å²) in [5.74, 6) is -1.14. The average molecular weight is 282 g/mol. The molecule has 0 fully saturated rings. The Bertz CT molecular complexity index is 653. The fourth-order valence-electron chi connectivity index (χ4n) is 1.64. The van der Waals surface area contributed by atoms with Crippen LogP contribution in [-0.4, -0.2) is 25.8 Å². The van der Waals surface area contributed by atoms with E-state index in [2.05, 4.69) is 5.10 Å². The Morgan fingerprint density at radius 1 is 1.47 bits per heavy atom. The molecule has 0 unspecified atom stereocenters. The number of hydrogen-bond donors (Lipinski definition) is 1. The Balaban J connectivity index is 2.41. The summed E-state index contributed by atoms with van der Waals surface area (Å²) in [4.78, 5) is 21.3. The van der Waals surface area contributed by atoms with Crippen molar-refractivity contribution in [1.82, 2.24) is 9.78 Å². The van der Waals surface area contributed by atoms with Crippen LogP contribution in [0.25, 0.3) is 0 Å². The van der Waals surface area contributed by atoms with E-state index in [-0.39, 0.29) is 22.9 Å². The van der Waals surface area contributed by atoms with Gasteiger partial charge in [-0.3, -0.25) is 14.8 Å². The van der Waals surface area contributed by atoms with Crippen LogP contribution in [0, 0.1) is 10.1 Å². The molecule has 0 aliphatic rings. The van der Waals surface area contributed by atoms with Crippen molar-refractivity contribution in [3.63, 3.8) is 0 Å². The van der Waals surface area contributed by atoms with Gasteiger partial charge in [0.25, 0.3) is 5.69 Å². The molecular weight excluding hydrogens is 274 g/mol. The fraction of sp³-hybridized carbons (Fsp3) is 0.0909. The fourth-order valence-corrected chi connectivity index (χ4v) is 1.81. The standard InChI is InChI=1S/C11H8ClN3O4/c12-8-2-1-7(10(5-8)15(18)19)6-14-9(11(16)17)3-4-13-14/h1-5H,6H2,(H,16,17). The Hall–Kier alpha value is -2.41. The molecule has 0 radical (unpaired) electrons. The lowest BCUT2D eigenvalue weighted by molar-refractivity contribution is -0.385. The number of halogens is 1. The molecule has 0 saturated heterocycles. The van der Waals surface area contributed by atoms with E-state index in [1.165, 1.54) is 35.1 Å². The van der Waals surface area contributed by atoms with Crippen LogP contribution >= 0.6 is 11.6 Å². The molecule has 1 N–H and O–H groups in total. The molecule has 0 saturated carbocycles. The summed E-state index contributed by atoms with van der Waals surface area (Å²) in [5.41, 5.74) is 0.129. The maximum Gasteiger partial charge on any atom is 0.354 e. The highest BCUT2D eigenvalue weighted by atomic mass is 35.5. The number of aromatic carboxylic acids is 1. The van der Waals surface area contributed by atoms with Crippen LogP contribution in [0.1, 0.15) is 16.1 Å². The molecule has 0 amide bonds. The minimum atomic E-state index is -1.14. The van der Waals surface area contributed by atoms with Crippen LogP contribution in [0.15, 0.2) is 30.5 Å². The molecule has 1 heterocycles. The first-order valence-electron chi connectivity index (χ1n) is 5.17. The van der Waals surface area contributed by atoms with Crippen molar-refractivity contribution >= 4 is 23.3 Å². The summed E-state index contributed by atoms with van der Waals surface area (Å²) in [7, 11) is 0. The number of nitrogens with zero attached hydrogens (tertiary/aromatic N) is 3. The second kappa shape index (κ2) is 5.07. The minimum absolute atomic E-state index is 0.0118. The highest BCUT2D eigenvalue weighted by Crippen LogP contribution is 2.24. The van der Waals surface area contributed by atoms with Crippen LogP contribution in [0.2, 0.25) is 5.02 Å². The van der Waals surface area contributed by atoms with Gasteiger partial charge in [-0.1, -0.05) is 11.6 Å². The molecule has 0 aliphatic carbocycles. The molecule has 98 valence electrons. The normalized spacial score (nSPS) is 10.4. The number of nitro groups is 1. The maximum absolute atomic E-state index is 10.9. The third-order valence-corrected chi connectivity index (χ3v) is 2.73. The minimum Gasteiger partial charge on any atom is -0.477 e. The largest absolute Gasteiger partial charge is 0.477 e. The topological polar surface area (TPSA) is 98.3 Å². The van der Waals surface area contributed by atoms with E-state index in [1.807, 2.05) is 0 Å². The third-order valence-electron chi connectivity index (χ3n) is 2.50. The van der Waals surface area contributed by atoms with Crippen LogP contribution in [-0.2, 0) is 6.54 Å². The van der Waals surface area contributed by atoms with Crippen molar-refractivity contribution in [2.75, 3.05) is 0 Å². The Morgan fingerprint density at radius 3 is 2.84 bits per heavy atom. The molecule has 0 aliphatic heterocycles. The molecule has 1 aromatic heterocycles. The van der Waals surface area contributed by atoms with Gasteiger partial charge in [-0.05, 0) is 18.2 Å².